The van der Waals surface area contributed by atoms with Gasteiger partial charge >= 0.3 is 0 Å². The van der Waals surface area contributed by atoms with Gasteiger partial charge in [0.1, 0.15) is 0 Å². The largest absolute Gasteiger partial charge is 0.381 e. The number of rotatable bonds is 5. The van der Waals surface area contributed by atoms with E-state index in [1.54, 1.807) is 0 Å². The van der Waals surface area contributed by atoms with Gasteiger partial charge in [0.15, 0.2) is 0 Å². The summed E-state index contributed by atoms with van der Waals surface area (Å²) in [6.45, 7) is 8.65. The van der Waals surface area contributed by atoms with Crippen LogP contribution in [0.4, 0.5) is 5.69 Å². The number of anilines is 1. The number of nitrogens with one attached hydrogen (secondary N) is 1. The third-order valence-electron chi connectivity index (χ3n) is 4.98. The van der Waals surface area contributed by atoms with Gasteiger partial charge in [0.25, 0.3) is 0 Å². The lowest BCUT2D eigenvalue weighted by molar-refractivity contribution is -0.122. The quantitative estimate of drug-likeness (QED) is 0.894. The first kappa shape index (κ1) is 17.2. The van der Waals surface area contributed by atoms with E-state index >= 15 is 0 Å². The summed E-state index contributed by atoms with van der Waals surface area (Å²) in [5.74, 6) is 0.183. The highest BCUT2D eigenvalue weighted by Crippen LogP contribution is 2.17. The molecule has 0 spiro atoms. The van der Waals surface area contributed by atoms with Crippen molar-refractivity contribution in [1.29, 1.82) is 0 Å². The van der Waals surface area contributed by atoms with E-state index in [4.69, 9.17) is 4.74 Å². The van der Waals surface area contributed by atoms with Crippen molar-refractivity contribution in [2.45, 2.75) is 32.2 Å². The lowest BCUT2D eigenvalue weighted by Gasteiger charge is -2.36. The number of carbonyl (C=O) groups is 1. The lowest BCUT2D eigenvalue weighted by Crippen LogP contribution is -2.47. The first-order valence-electron chi connectivity index (χ1n) is 9.12. The van der Waals surface area contributed by atoms with Crippen LogP contribution in [0.3, 0.4) is 0 Å². The number of hydrogen-bond acceptors (Lipinski definition) is 4. The Morgan fingerprint density at radius 3 is 2.67 bits per heavy atom. The number of benzene rings is 1. The van der Waals surface area contributed by atoms with Crippen LogP contribution in [0.5, 0.6) is 0 Å². The summed E-state index contributed by atoms with van der Waals surface area (Å²) in [4.78, 5) is 16.9. The first-order valence-corrected chi connectivity index (χ1v) is 9.12. The fraction of sp³-hybridized carbons (Fsp3) is 0.632. The van der Waals surface area contributed by atoms with Crippen LogP contribution in [0.2, 0.25) is 0 Å². The van der Waals surface area contributed by atoms with Gasteiger partial charge in [-0.3, -0.25) is 9.69 Å². The number of nitrogens with zero attached hydrogens (tertiary/aromatic N) is 2. The van der Waals surface area contributed by atoms with Crippen molar-refractivity contribution in [3.05, 3.63) is 29.8 Å². The molecule has 2 heterocycles. The summed E-state index contributed by atoms with van der Waals surface area (Å²) < 4.78 is 5.33. The normalized spacial score (nSPS) is 20.1. The molecular formula is C19H29N3O2. The Labute approximate surface area is 145 Å². The van der Waals surface area contributed by atoms with E-state index in [1.165, 1.54) is 11.3 Å². The molecule has 3 rings (SSSR count). The van der Waals surface area contributed by atoms with Crippen molar-refractivity contribution in [2.75, 3.05) is 50.8 Å². The Balaban J connectivity index is 1.37. The van der Waals surface area contributed by atoms with E-state index in [1.807, 2.05) is 0 Å². The number of amides is 1. The zero-order valence-electron chi connectivity index (χ0n) is 14.7. The maximum atomic E-state index is 12.1. The average molecular weight is 331 g/mol. The molecule has 5 heteroatoms. The molecule has 132 valence electrons. The number of hydrogen-bond donors (Lipinski definition) is 1. The Morgan fingerprint density at radius 1 is 1.21 bits per heavy atom. The molecule has 0 saturated carbocycles. The van der Waals surface area contributed by atoms with Crippen molar-refractivity contribution >= 4 is 11.6 Å². The maximum absolute atomic E-state index is 12.1. The second-order valence-electron chi connectivity index (χ2n) is 6.87. The van der Waals surface area contributed by atoms with E-state index in [0.29, 0.717) is 12.5 Å². The van der Waals surface area contributed by atoms with Gasteiger partial charge in [0.2, 0.25) is 5.91 Å². The topological polar surface area (TPSA) is 44.8 Å². The average Bonchev–Trinajstić information content (AvgIpc) is 2.61. The van der Waals surface area contributed by atoms with Gasteiger partial charge in [-0.15, -0.1) is 0 Å². The number of piperazine rings is 1. The standard InChI is InChI=1S/C19H29N3O2/c1-16-3-2-4-18(15-16)22-11-9-21(10-12-22)8-5-19(23)20-17-6-13-24-14-7-17/h2-4,15,17H,5-14H2,1H3,(H,20,23). The smallest absolute Gasteiger partial charge is 0.221 e. The van der Waals surface area contributed by atoms with E-state index < -0.39 is 0 Å². The van der Waals surface area contributed by atoms with Gasteiger partial charge in [-0.05, 0) is 37.5 Å². The van der Waals surface area contributed by atoms with Gasteiger partial charge in [0, 0.05) is 64.1 Å². The highest BCUT2D eigenvalue weighted by atomic mass is 16.5. The molecule has 2 aliphatic heterocycles. The molecule has 2 aliphatic rings. The molecule has 0 aromatic heterocycles. The third kappa shape index (κ3) is 4.95. The van der Waals surface area contributed by atoms with Gasteiger partial charge in [-0.2, -0.15) is 0 Å². The number of aryl methyl sites for hydroxylation is 1. The summed E-state index contributed by atoms with van der Waals surface area (Å²) in [7, 11) is 0. The van der Waals surface area contributed by atoms with Crippen LogP contribution < -0.4 is 10.2 Å². The predicted octanol–water partition coefficient (Wildman–Crippen LogP) is 1.80. The van der Waals surface area contributed by atoms with Crippen LogP contribution in [-0.4, -0.2) is 62.8 Å². The molecule has 0 atom stereocenters. The fourth-order valence-electron chi connectivity index (χ4n) is 3.46. The van der Waals surface area contributed by atoms with Crippen molar-refractivity contribution < 1.29 is 9.53 Å². The van der Waals surface area contributed by atoms with E-state index in [2.05, 4.69) is 46.3 Å². The highest BCUT2D eigenvalue weighted by molar-refractivity contribution is 5.76. The summed E-state index contributed by atoms with van der Waals surface area (Å²) in [6, 6.07) is 9.00. The molecule has 1 N–H and O–H groups in total. The molecule has 1 aromatic rings. The van der Waals surface area contributed by atoms with Crippen LogP contribution >= 0.6 is 0 Å². The molecule has 2 fully saturated rings. The zero-order valence-corrected chi connectivity index (χ0v) is 14.7. The van der Waals surface area contributed by atoms with Gasteiger partial charge < -0.3 is 15.0 Å². The summed E-state index contributed by atoms with van der Waals surface area (Å²) in [5.41, 5.74) is 2.62. The summed E-state index contributed by atoms with van der Waals surface area (Å²) >= 11 is 0. The first-order chi connectivity index (χ1) is 11.7. The van der Waals surface area contributed by atoms with Gasteiger partial charge in [-0.1, -0.05) is 12.1 Å². The Bertz CT molecular complexity index is 535. The van der Waals surface area contributed by atoms with Crippen molar-refractivity contribution in [3.8, 4) is 0 Å². The van der Waals surface area contributed by atoms with Crippen LogP contribution in [-0.2, 0) is 9.53 Å². The van der Waals surface area contributed by atoms with E-state index in [-0.39, 0.29) is 5.91 Å². The SMILES string of the molecule is Cc1cccc(N2CCN(CCC(=O)NC3CCOCC3)CC2)c1. The van der Waals surface area contributed by atoms with Crippen LogP contribution in [0.25, 0.3) is 0 Å². The second kappa shape index (κ2) is 8.49. The molecule has 0 radical (unpaired) electrons. The minimum atomic E-state index is 0.183. The van der Waals surface area contributed by atoms with Gasteiger partial charge in [0.05, 0.1) is 0 Å². The minimum absolute atomic E-state index is 0.183. The highest BCUT2D eigenvalue weighted by Gasteiger charge is 2.19. The summed E-state index contributed by atoms with van der Waals surface area (Å²) in [5, 5.41) is 3.14. The van der Waals surface area contributed by atoms with Crippen LogP contribution in [0.1, 0.15) is 24.8 Å². The number of carbonyl (C=O) groups excluding carboxylic acids is 1. The molecule has 24 heavy (non-hydrogen) atoms. The number of ether oxygens (including phenoxy) is 1. The van der Waals surface area contributed by atoms with E-state index in [0.717, 1.165) is 58.8 Å². The monoisotopic (exact) mass is 331 g/mol. The predicted molar refractivity (Wildman–Crippen MR) is 96.4 cm³/mol. The van der Waals surface area contributed by atoms with Crippen LogP contribution in [0.15, 0.2) is 24.3 Å². The zero-order chi connectivity index (χ0) is 16.8. The minimum Gasteiger partial charge on any atom is -0.381 e. The Hall–Kier alpha value is -1.59. The second-order valence-corrected chi connectivity index (χ2v) is 6.87. The summed E-state index contributed by atoms with van der Waals surface area (Å²) in [6.07, 6.45) is 2.49. The molecule has 5 nitrogen and oxygen atoms in total. The van der Waals surface area contributed by atoms with E-state index in [9.17, 15) is 4.79 Å². The molecular weight excluding hydrogens is 302 g/mol. The van der Waals surface area contributed by atoms with Crippen molar-refractivity contribution in [3.63, 3.8) is 0 Å². The van der Waals surface area contributed by atoms with Crippen molar-refractivity contribution in [1.82, 2.24) is 10.2 Å². The fourth-order valence-corrected chi connectivity index (χ4v) is 3.46. The lowest BCUT2D eigenvalue weighted by atomic mass is 10.1. The molecule has 2 saturated heterocycles. The molecule has 0 bridgehead atoms. The third-order valence-corrected chi connectivity index (χ3v) is 4.98. The molecule has 1 amide bonds. The van der Waals surface area contributed by atoms with Crippen LogP contribution in [0, 0.1) is 6.92 Å². The maximum Gasteiger partial charge on any atom is 0.221 e. The van der Waals surface area contributed by atoms with Crippen molar-refractivity contribution in [2.24, 2.45) is 0 Å². The van der Waals surface area contributed by atoms with Gasteiger partial charge in [-0.25, -0.2) is 0 Å². The Kier molecular flexibility index (Phi) is 6.10. The molecule has 0 unspecified atom stereocenters. The molecule has 0 aliphatic carbocycles. The molecule has 1 aromatic carbocycles. The Morgan fingerprint density at radius 2 is 1.96 bits per heavy atom.